The van der Waals surface area contributed by atoms with Crippen LogP contribution in [-0.2, 0) is 30.4 Å². The lowest BCUT2D eigenvalue weighted by Crippen LogP contribution is -2.50. The number of halogens is 2. The van der Waals surface area contributed by atoms with Crippen LogP contribution in [0.2, 0.25) is 0 Å². The van der Waals surface area contributed by atoms with Crippen LogP contribution in [0.15, 0.2) is 53.9 Å². The van der Waals surface area contributed by atoms with E-state index in [9.17, 15) is 23.9 Å². The van der Waals surface area contributed by atoms with Crippen molar-refractivity contribution in [2.24, 2.45) is 0 Å². The minimum absolute atomic E-state index is 0.00135. The summed E-state index contributed by atoms with van der Waals surface area (Å²) in [5.74, 6) is -3.63. The smallest absolute Gasteiger partial charge is 0.398 e. The Morgan fingerprint density at radius 2 is 1.86 bits per heavy atom. The molecule has 0 heterocycles. The van der Waals surface area contributed by atoms with E-state index in [1.807, 2.05) is 0 Å². The van der Waals surface area contributed by atoms with Gasteiger partial charge in [-0.05, 0) is 57.9 Å². The number of allylic oxidation sites excluding steroid dienone is 5. The van der Waals surface area contributed by atoms with Crippen molar-refractivity contribution in [2.45, 2.75) is 52.9 Å². The standard InChI is InChI=1S/C25H32ClFN2O6/c1-7-20(27)19(13-16(3)26)18-11-9-17(10-12-18)14-29(15-21(30)23(32)34-8-2)28-22(31)24(33)35-25(4,5)6/h7,9-13,21,30H,1,8,14-15H2,2-6H3,(H,28,31). The van der Waals surface area contributed by atoms with Crippen LogP contribution in [-0.4, -0.2) is 52.8 Å². The molecule has 2 N–H and O–H groups in total. The molecule has 1 amide bonds. The molecular weight excluding hydrogens is 479 g/mol. The Labute approximate surface area is 210 Å². The number of carbonyl (C=O) groups excluding carboxylic acids is 3. The first-order valence-corrected chi connectivity index (χ1v) is 11.2. The quantitative estimate of drug-likeness (QED) is 0.213. The van der Waals surface area contributed by atoms with Crippen LogP contribution >= 0.6 is 11.6 Å². The summed E-state index contributed by atoms with van der Waals surface area (Å²) >= 11 is 5.91. The second-order valence-electron chi connectivity index (χ2n) is 8.48. The van der Waals surface area contributed by atoms with Crippen LogP contribution in [0.3, 0.4) is 0 Å². The van der Waals surface area contributed by atoms with Gasteiger partial charge < -0.3 is 14.6 Å². The van der Waals surface area contributed by atoms with Gasteiger partial charge in [-0.25, -0.2) is 19.0 Å². The highest BCUT2D eigenvalue weighted by Crippen LogP contribution is 2.25. The molecule has 0 radical (unpaired) electrons. The second kappa shape index (κ2) is 13.8. The number of rotatable bonds is 10. The molecule has 1 aromatic rings. The van der Waals surface area contributed by atoms with Gasteiger partial charge in [0, 0.05) is 17.2 Å². The first-order chi connectivity index (χ1) is 16.3. The molecule has 1 rings (SSSR count). The van der Waals surface area contributed by atoms with Gasteiger partial charge in [-0.3, -0.25) is 10.2 Å². The predicted molar refractivity (Wildman–Crippen MR) is 131 cm³/mol. The SMILES string of the molecule is C=CC(F)=C(C=C(C)Cl)c1ccc(CN(CC(O)C(=O)OCC)NC(=O)C(=O)OC(C)(C)C)cc1. The number of aliphatic hydroxyl groups excluding tert-OH is 1. The highest BCUT2D eigenvalue weighted by Gasteiger charge is 2.27. The van der Waals surface area contributed by atoms with Crippen molar-refractivity contribution in [3.05, 3.63) is 65.0 Å². The molecule has 1 unspecified atom stereocenters. The number of aliphatic hydroxyl groups is 1. The van der Waals surface area contributed by atoms with Gasteiger partial charge in [0.2, 0.25) is 0 Å². The van der Waals surface area contributed by atoms with Gasteiger partial charge in [-0.1, -0.05) is 42.4 Å². The van der Waals surface area contributed by atoms with Gasteiger partial charge in [-0.15, -0.1) is 0 Å². The third-order valence-corrected chi connectivity index (χ3v) is 4.32. The molecule has 0 aliphatic heterocycles. The Bertz CT molecular complexity index is 979. The van der Waals surface area contributed by atoms with Gasteiger partial charge in [0.05, 0.1) is 13.2 Å². The van der Waals surface area contributed by atoms with E-state index in [1.54, 1.807) is 58.9 Å². The molecule has 192 valence electrons. The molecule has 35 heavy (non-hydrogen) atoms. The van der Waals surface area contributed by atoms with E-state index in [1.165, 1.54) is 11.1 Å². The van der Waals surface area contributed by atoms with E-state index in [0.29, 0.717) is 16.2 Å². The topological polar surface area (TPSA) is 105 Å². The third-order valence-electron chi connectivity index (χ3n) is 4.21. The number of esters is 2. The van der Waals surface area contributed by atoms with Gasteiger partial charge in [0.15, 0.2) is 6.10 Å². The van der Waals surface area contributed by atoms with Gasteiger partial charge >= 0.3 is 17.8 Å². The molecule has 8 nitrogen and oxygen atoms in total. The average molecular weight is 511 g/mol. The fourth-order valence-corrected chi connectivity index (χ4v) is 2.90. The van der Waals surface area contributed by atoms with Crippen LogP contribution in [0.5, 0.6) is 0 Å². The van der Waals surface area contributed by atoms with Crippen LogP contribution in [0.1, 0.15) is 45.7 Å². The molecule has 0 saturated carbocycles. The van der Waals surface area contributed by atoms with Gasteiger partial charge in [0.25, 0.3) is 0 Å². The Hall–Kier alpha value is -3.01. The van der Waals surface area contributed by atoms with Gasteiger partial charge in [0.1, 0.15) is 11.4 Å². The zero-order chi connectivity index (χ0) is 26.8. The lowest BCUT2D eigenvalue weighted by Gasteiger charge is -2.26. The summed E-state index contributed by atoms with van der Waals surface area (Å²) in [6, 6.07) is 6.60. The molecule has 10 heteroatoms. The number of hydrazine groups is 1. The van der Waals surface area contributed by atoms with Crippen molar-refractivity contribution in [2.75, 3.05) is 13.2 Å². The van der Waals surface area contributed by atoms with E-state index in [-0.39, 0.29) is 25.3 Å². The Kier molecular flexibility index (Phi) is 11.8. The van der Waals surface area contributed by atoms with Crippen molar-refractivity contribution in [3.8, 4) is 0 Å². The summed E-state index contributed by atoms with van der Waals surface area (Å²) in [6.45, 7) is 11.2. The maximum Gasteiger partial charge on any atom is 0.398 e. The number of nitrogens with zero attached hydrogens (tertiary/aromatic N) is 1. The van der Waals surface area contributed by atoms with Crippen molar-refractivity contribution in [1.82, 2.24) is 10.4 Å². The highest BCUT2D eigenvalue weighted by atomic mass is 35.5. The number of ether oxygens (including phenoxy) is 2. The van der Waals surface area contributed by atoms with Crippen molar-refractivity contribution in [1.29, 1.82) is 0 Å². The Morgan fingerprint density at radius 3 is 2.34 bits per heavy atom. The lowest BCUT2D eigenvalue weighted by atomic mass is 10.0. The van der Waals surface area contributed by atoms with Crippen molar-refractivity contribution >= 4 is 35.0 Å². The van der Waals surface area contributed by atoms with Crippen molar-refractivity contribution in [3.63, 3.8) is 0 Å². The normalized spacial score (nSPS) is 13.6. The van der Waals surface area contributed by atoms with Crippen LogP contribution in [0.4, 0.5) is 4.39 Å². The number of hydrogen-bond acceptors (Lipinski definition) is 7. The van der Waals surface area contributed by atoms with E-state index in [4.69, 9.17) is 21.1 Å². The predicted octanol–water partition coefficient (Wildman–Crippen LogP) is 3.79. The van der Waals surface area contributed by atoms with E-state index < -0.39 is 35.4 Å². The molecule has 0 aliphatic carbocycles. The number of nitrogens with one attached hydrogen (secondary N) is 1. The maximum absolute atomic E-state index is 14.3. The number of benzene rings is 1. The van der Waals surface area contributed by atoms with Crippen LogP contribution in [0.25, 0.3) is 5.57 Å². The molecule has 0 bridgehead atoms. The first kappa shape index (κ1) is 30.0. The highest BCUT2D eigenvalue weighted by molar-refractivity contribution is 6.32. The molecule has 0 aromatic heterocycles. The second-order valence-corrected chi connectivity index (χ2v) is 9.08. The van der Waals surface area contributed by atoms with E-state index in [2.05, 4.69) is 12.0 Å². The minimum Gasteiger partial charge on any atom is -0.464 e. The molecular formula is C25H32ClFN2O6. The third kappa shape index (κ3) is 10.9. The summed E-state index contributed by atoms with van der Waals surface area (Å²) in [5, 5.41) is 11.7. The largest absolute Gasteiger partial charge is 0.464 e. The van der Waals surface area contributed by atoms with E-state index in [0.717, 1.165) is 6.08 Å². The zero-order valence-corrected chi connectivity index (χ0v) is 21.3. The summed E-state index contributed by atoms with van der Waals surface area (Å²) < 4.78 is 24.1. The zero-order valence-electron chi connectivity index (χ0n) is 20.6. The van der Waals surface area contributed by atoms with Gasteiger partial charge in [-0.2, -0.15) is 0 Å². The van der Waals surface area contributed by atoms with Crippen LogP contribution in [0, 0.1) is 0 Å². The Balaban J connectivity index is 3.14. The fourth-order valence-electron chi connectivity index (χ4n) is 2.79. The molecule has 0 saturated heterocycles. The summed E-state index contributed by atoms with van der Waals surface area (Å²) in [6.07, 6.45) is 0.960. The molecule has 0 aliphatic rings. The van der Waals surface area contributed by atoms with Crippen LogP contribution < -0.4 is 5.43 Å². The number of carbonyl (C=O) groups is 3. The van der Waals surface area contributed by atoms with E-state index >= 15 is 0 Å². The molecule has 0 fully saturated rings. The average Bonchev–Trinajstić information content (AvgIpc) is 2.76. The minimum atomic E-state index is -1.58. The monoisotopic (exact) mass is 510 g/mol. The number of amides is 1. The summed E-state index contributed by atoms with van der Waals surface area (Å²) in [4.78, 5) is 36.3. The summed E-state index contributed by atoms with van der Waals surface area (Å²) in [7, 11) is 0. The van der Waals surface area contributed by atoms with Crippen molar-refractivity contribution < 1.29 is 33.4 Å². The lowest BCUT2D eigenvalue weighted by molar-refractivity contribution is -0.166. The molecule has 1 atom stereocenters. The molecule has 0 spiro atoms. The summed E-state index contributed by atoms with van der Waals surface area (Å²) in [5.41, 5.74) is 2.86. The first-order valence-electron chi connectivity index (χ1n) is 10.9. The molecule has 1 aromatic carbocycles. The maximum atomic E-state index is 14.3. The number of hydrogen-bond donors (Lipinski definition) is 2. The Morgan fingerprint density at radius 1 is 1.26 bits per heavy atom. The fraction of sp³-hybridized carbons (Fsp3) is 0.400.